The standard InChI is InChI=1S/C24H40F2O3/c1-7-9-10-20-13-14-21(16-29-20)28-15-17(3)11-12-18(4)22(8-2)24(26)23(25)19(5)27-6/h7,17-18,20-21H,1,8-16H2,2-6H3/b23-19-,24-22-. The van der Waals surface area contributed by atoms with Crippen molar-refractivity contribution in [1.82, 2.24) is 0 Å². The first-order valence-corrected chi connectivity index (χ1v) is 11.0. The highest BCUT2D eigenvalue weighted by Crippen LogP contribution is 2.31. The van der Waals surface area contributed by atoms with Gasteiger partial charge in [0.05, 0.1) is 25.9 Å². The van der Waals surface area contributed by atoms with E-state index in [9.17, 15) is 8.78 Å². The summed E-state index contributed by atoms with van der Waals surface area (Å²) in [5.41, 5.74) is 0.512. The summed E-state index contributed by atoms with van der Waals surface area (Å²) in [7, 11) is 1.34. The number of halogens is 2. The maximum Gasteiger partial charge on any atom is 0.195 e. The summed E-state index contributed by atoms with van der Waals surface area (Å²) in [6, 6.07) is 0. The van der Waals surface area contributed by atoms with Crippen molar-refractivity contribution in [2.75, 3.05) is 20.3 Å². The minimum absolute atomic E-state index is 0.0242. The molecule has 0 aliphatic carbocycles. The van der Waals surface area contributed by atoms with Crippen molar-refractivity contribution in [2.45, 2.75) is 84.8 Å². The normalized spacial score (nSPS) is 23.7. The first kappa shape index (κ1) is 25.8. The Labute approximate surface area is 176 Å². The highest BCUT2D eigenvalue weighted by molar-refractivity contribution is 5.28. The Balaban J connectivity index is 2.41. The molecular formula is C24H40F2O3. The van der Waals surface area contributed by atoms with Crippen LogP contribution in [0.25, 0.3) is 0 Å². The second-order valence-electron chi connectivity index (χ2n) is 8.20. The van der Waals surface area contributed by atoms with E-state index in [4.69, 9.17) is 14.2 Å². The maximum absolute atomic E-state index is 14.5. The maximum atomic E-state index is 14.5. The lowest BCUT2D eigenvalue weighted by Gasteiger charge is -2.30. The van der Waals surface area contributed by atoms with E-state index >= 15 is 0 Å². The summed E-state index contributed by atoms with van der Waals surface area (Å²) in [6.07, 6.45) is 8.70. The van der Waals surface area contributed by atoms with Crippen LogP contribution >= 0.6 is 0 Å². The molecular weight excluding hydrogens is 374 g/mol. The van der Waals surface area contributed by atoms with Gasteiger partial charge < -0.3 is 14.2 Å². The van der Waals surface area contributed by atoms with E-state index in [1.54, 1.807) is 0 Å². The predicted molar refractivity (Wildman–Crippen MR) is 115 cm³/mol. The Bertz CT molecular complexity index is 548. The van der Waals surface area contributed by atoms with Crippen molar-refractivity contribution in [1.29, 1.82) is 0 Å². The molecule has 4 atom stereocenters. The van der Waals surface area contributed by atoms with Gasteiger partial charge in [0.15, 0.2) is 11.7 Å². The van der Waals surface area contributed by atoms with Crippen molar-refractivity contribution in [2.24, 2.45) is 11.8 Å². The SMILES string of the molecule is C=CCCC1CCC(OCC(C)CCC(C)/C(CC)=C(F)/C(F)=C(\C)OC)CO1. The van der Waals surface area contributed by atoms with E-state index in [2.05, 4.69) is 13.5 Å². The lowest BCUT2D eigenvalue weighted by Crippen LogP contribution is -2.32. The number of hydrogen-bond acceptors (Lipinski definition) is 3. The molecule has 0 aromatic heterocycles. The smallest absolute Gasteiger partial charge is 0.195 e. The van der Waals surface area contributed by atoms with E-state index in [1.807, 2.05) is 19.9 Å². The summed E-state index contributed by atoms with van der Waals surface area (Å²) >= 11 is 0. The predicted octanol–water partition coefficient (Wildman–Crippen LogP) is 7.05. The fourth-order valence-corrected chi connectivity index (χ4v) is 3.64. The van der Waals surface area contributed by atoms with Crippen LogP contribution in [0, 0.1) is 11.8 Å². The molecule has 1 aliphatic rings. The van der Waals surface area contributed by atoms with Crippen LogP contribution in [-0.4, -0.2) is 32.5 Å². The fraction of sp³-hybridized carbons (Fsp3) is 0.750. The van der Waals surface area contributed by atoms with Gasteiger partial charge in [0.25, 0.3) is 0 Å². The molecule has 0 radical (unpaired) electrons. The molecule has 29 heavy (non-hydrogen) atoms. The summed E-state index contributed by atoms with van der Waals surface area (Å²) in [5.74, 6) is -1.35. The molecule has 5 heteroatoms. The molecule has 3 nitrogen and oxygen atoms in total. The molecule has 1 rings (SSSR count). The van der Waals surface area contributed by atoms with Crippen molar-refractivity contribution < 1.29 is 23.0 Å². The zero-order valence-corrected chi connectivity index (χ0v) is 18.9. The molecule has 0 N–H and O–H groups in total. The molecule has 0 amide bonds. The van der Waals surface area contributed by atoms with Gasteiger partial charge in [-0.3, -0.25) is 0 Å². The average molecular weight is 415 g/mol. The van der Waals surface area contributed by atoms with Crippen LogP contribution in [0.4, 0.5) is 8.78 Å². The van der Waals surface area contributed by atoms with E-state index in [-0.39, 0.29) is 17.8 Å². The van der Waals surface area contributed by atoms with E-state index in [0.29, 0.717) is 37.2 Å². The van der Waals surface area contributed by atoms with Crippen LogP contribution in [0.2, 0.25) is 0 Å². The van der Waals surface area contributed by atoms with Crippen molar-refractivity contribution >= 4 is 0 Å². The zero-order valence-electron chi connectivity index (χ0n) is 18.9. The molecule has 1 saturated heterocycles. The van der Waals surface area contributed by atoms with Gasteiger partial charge in [-0.15, -0.1) is 6.58 Å². The Morgan fingerprint density at radius 1 is 1.21 bits per heavy atom. The number of ether oxygens (including phenoxy) is 3. The fourth-order valence-electron chi connectivity index (χ4n) is 3.64. The first-order chi connectivity index (χ1) is 13.8. The lowest BCUT2D eigenvalue weighted by molar-refractivity contribution is -0.0930. The molecule has 0 spiro atoms. The van der Waals surface area contributed by atoms with E-state index in [0.717, 1.165) is 38.5 Å². The molecule has 1 fully saturated rings. The van der Waals surface area contributed by atoms with Crippen molar-refractivity contribution in [3.8, 4) is 0 Å². The molecule has 4 unspecified atom stereocenters. The summed E-state index contributed by atoms with van der Waals surface area (Å²) < 4.78 is 45.3. The summed E-state index contributed by atoms with van der Waals surface area (Å²) in [5, 5.41) is 0. The zero-order chi connectivity index (χ0) is 21.8. The number of allylic oxidation sites excluding steroid dienone is 5. The van der Waals surface area contributed by atoms with Crippen LogP contribution < -0.4 is 0 Å². The number of hydrogen-bond donors (Lipinski definition) is 0. The van der Waals surface area contributed by atoms with Crippen LogP contribution in [-0.2, 0) is 14.2 Å². The molecule has 1 heterocycles. The van der Waals surface area contributed by atoms with Gasteiger partial charge >= 0.3 is 0 Å². The minimum atomic E-state index is -0.892. The average Bonchev–Trinajstić information content (AvgIpc) is 2.74. The van der Waals surface area contributed by atoms with Gasteiger partial charge in [0.2, 0.25) is 0 Å². The molecule has 1 aliphatic heterocycles. The van der Waals surface area contributed by atoms with E-state index < -0.39 is 11.7 Å². The largest absolute Gasteiger partial charge is 0.498 e. The molecule has 0 aromatic carbocycles. The monoisotopic (exact) mass is 414 g/mol. The Morgan fingerprint density at radius 2 is 1.93 bits per heavy atom. The van der Waals surface area contributed by atoms with Gasteiger partial charge in [-0.25, -0.2) is 8.78 Å². The Hall–Kier alpha value is -1.20. The third-order valence-corrected chi connectivity index (χ3v) is 5.80. The Morgan fingerprint density at radius 3 is 2.48 bits per heavy atom. The number of rotatable bonds is 13. The van der Waals surface area contributed by atoms with Gasteiger partial charge in [-0.1, -0.05) is 26.8 Å². The van der Waals surface area contributed by atoms with Crippen LogP contribution in [0.15, 0.2) is 35.6 Å². The van der Waals surface area contributed by atoms with Crippen LogP contribution in [0.1, 0.15) is 72.6 Å². The molecule has 168 valence electrons. The van der Waals surface area contributed by atoms with Gasteiger partial charge in [-0.2, -0.15) is 0 Å². The van der Waals surface area contributed by atoms with Gasteiger partial charge in [0.1, 0.15) is 5.76 Å². The quantitative estimate of drug-likeness (QED) is 0.184. The van der Waals surface area contributed by atoms with Crippen molar-refractivity contribution in [3.63, 3.8) is 0 Å². The second-order valence-corrected chi connectivity index (χ2v) is 8.20. The Kier molecular flexibility index (Phi) is 12.4. The summed E-state index contributed by atoms with van der Waals surface area (Å²) in [6.45, 7) is 12.5. The third kappa shape index (κ3) is 9.00. The topological polar surface area (TPSA) is 27.7 Å². The summed E-state index contributed by atoms with van der Waals surface area (Å²) in [4.78, 5) is 0. The minimum Gasteiger partial charge on any atom is -0.498 e. The van der Waals surface area contributed by atoms with Gasteiger partial charge in [-0.05, 0) is 69.3 Å². The first-order valence-electron chi connectivity index (χ1n) is 11.0. The second kappa shape index (κ2) is 13.9. The van der Waals surface area contributed by atoms with Crippen molar-refractivity contribution in [3.05, 3.63) is 35.6 Å². The van der Waals surface area contributed by atoms with Crippen LogP contribution in [0.3, 0.4) is 0 Å². The highest BCUT2D eigenvalue weighted by Gasteiger charge is 2.23. The third-order valence-electron chi connectivity index (χ3n) is 5.80. The van der Waals surface area contributed by atoms with E-state index in [1.165, 1.54) is 14.0 Å². The molecule has 0 aromatic rings. The lowest BCUT2D eigenvalue weighted by atomic mass is 9.90. The number of methoxy groups -OCH3 is 1. The molecule has 0 saturated carbocycles. The highest BCUT2D eigenvalue weighted by atomic mass is 19.2. The van der Waals surface area contributed by atoms with Gasteiger partial charge in [0, 0.05) is 6.61 Å². The van der Waals surface area contributed by atoms with Crippen LogP contribution in [0.5, 0.6) is 0 Å². The molecule has 0 bridgehead atoms.